The topological polar surface area (TPSA) is 38.8 Å². The maximum atomic E-state index is 12.1. The van der Waals surface area contributed by atoms with Gasteiger partial charge in [-0.1, -0.05) is 18.6 Å². The van der Waals surface area contributed by atoms with E-state index in [4.69, 9.17) is 9.47 Å². The molecule has 1 aliphatic heterocycles. The molecule has 1 aromatic carbocycles. The van der Waals surface area contributed by atoms with Crippen molar-refractivity contribution < 1.29 is 14.3 Å². The predicted octanol–water partition coefficient (Wildman–Crippen LogP) is 3.39. The third kappa shape index (κ3) is 4.73. The summed E-state index contributed by atoms with van der Waals surface area (Å²) in [5.74, 6) is 0.800. The van der Waals surface area contributed by atoms with E-state index in [9.17, 15) is 4.79 Å². The molecule has 122 valence electrons. The summed E-state index contributed by atoms with van der Waals surface area (Å²) >= 11 is 0. The van der Waals surface area contributed by atoms with Crippen LogP contribution in [0.15, 0.2) is 24.3 Å². The van der Waals surface area contributed by atoms with E-state index in [1.165, 1.54) is 5.56 Å². The van der Waals surface area contributed by atoms with E-state index in [-0.39, 0.29) is 18.1 Å². The summed E-state index contributed by atoms with van der Waals surface area (Å²) in [7, 11) is 0. The van der Waals surface area contributed by atoms with Crippen molar-refractivity contribution in [3.05, 3.63) is 29.8 Å². The molecule has 0 bridgehead atoms. The Hall–Kier alpha value is -1.55. The zero-order valence-electron chi connectivity index (χ0n) is 13.9. The summed E-state index contributed by atoms with van der Waals surface area (Å²) in [5, 5.41) is 0. The standard InChI is InChI=1S/C18H27NO3/c1-4-21-18(20)17-10-5-6-11-19(17)13-15-8-7-9-16(12-15)22-14(2)3/h7-9,12,14,17H,4-6,10-11,13H2,1-3H3. The van der Waals surface area contributed by atoms with Gasteiger partial charge in [-0.3, -0.25) is 9.69 Å². The van der Waals surface area contributed by atoms with Crippen molar-refractivity contribution in [1.29, 1.82) is 0 Å². The van der Waals surface area contributed by atoms with Crippen LogP contribution in [-0.4, -0.2) is 36.2 Å². The van der Waals surface area contributed by atoms with E-state index in [1.807, 2.05) is 32.9 Å². The van der Waals surface area contributed by atoms with Gasteiger partial charge in [0.05, 0.1) is 12.7 Å². The second kappa shape index (κ2) is 8.18. The first-order chi connectivity index (χ1) is 10.6. The van der Waals surface area contributed by atoms with E-state index in [0.29, 0.717) is 6.61 Å². The lowest BCUT2D eigenvalue weighted by Crippen LogP contribution is -2.44. The number of carbonyl (C=O) groups is 1. The summed E-state index contributed by atoms with van der Waals surface area (Å²) in [5.41, 5.74) is 1.18. The van der Waals surface area contributed by atoms with Gasteiger partial charge < -0.3 is 9.47 Å². The molecule has 0 saturated carbocycles. The Bertz CT molecular complexity index is 487. The molecule has 1 atom stereocenters. The Kier molecular flexibility index (Phi) is 6.25. The molecule has 0 N–H and O–H groups in total. The molecular formula is C18H27NO3. The van der Waals surface area contributed by atoms with Crippen molar-refractivity contribution in [3.8, 4) is 5.75 Å². The number of likely N-dealkylation sites (tertiary alicyclic amines) is 1. The van der Waals surface area contributed by atoms with E-state index in [0.717, 1.165) is 38.1 Å². The number of benzene rings is 1. The van der Waals surface area contributed by atoms with E-state index >= 15 is 0 Å². The summed E-state index contributed by atoms with van der Waals surface area (Å²) in [6, 6.07) is 8.03. The van der Waals surface area contributed by atoms with Crippen LogP contribution < -0.4 is 4.74 Å². The number of esters is 1. The Morgan fingerprint density at radius 3 is 2.91 bits per heavy atom. The zero-order chi connectivity index (χ0) is 15.9. The minimum atomic E-state index is -0.108. The molecule has 0 aliphatic carbocycles. The van der Waals surface area contributed by atoms with Gasteiger partial charge in [0.1, 0.15) is 11.8 Å². The Labute approximate surface area is 133 Å². The Balaban J connectivity index is 2.05. The molecule has 1 saturated heterocycles. The van der Waals surface area contributed by atoms with Crippen LogP contribution in [0, 0.1) is 0 Å². The Morgan fingerprint density at radius 1 is 1.36 bits per heavy atom. The van der Waals surface area contributed by atoms with Crippen molar-refractivity contribution in [2.75, 3.05) is 13.2 Å². The number of piperidine rings is 1. The van der Waals surface area contributed by atoms with Crippen LogP contribution in [0.25, 0.3) is 0 Å². The van der Waals surface area contributed by atoms with Crippen molar-refractivity contribution in [2.45, 2.75) is 58.7 Å². The van der Waals surface area contributed by atoms with Crippen LogP contribution in [-0.2, 0) is 16.1 Å². The molecule has 1 unspecified atom stereocenters. The van der Waals surface area contributed by atoms with Crippen LogP contribution in [0.3, 0.4) is 0 Å². The lowest BCUT2D eigenvalue weighted by Gasteiger charge is -2.34. The van der Waals surface area contributed by atoms with Gasteiger partial charge in [0, 0.05) is 6.54 Å². The summed E-state index contributed by atoms with van der Waals surface area (Å²) in [6.07, 6.45) is 3.28. The third-order valence-corrected chi connectivity index (χ3v) is 3.83. The zero-order valence-corrected chi connectivity index (χ0v) is 13.9. The van der Waals surface area contributed by atoms with Crippen LogP contribution in [0.5, 0.6) is 5.75 Å². The average molecular weight is 305 g/mol. The van der Waals surface area contributed by atoms with Crippen molar-refractivity contribution in [2.24, 2.45) is 0 Å². The minimum Gasteiger partial charge on any atom is -0.491 e. The predicted molar refractivity (Wildman–Crippen MR) is 86.9 cm³/mol. The van der Waals surface area contributed by atoms with E-state index < -0.39 is 0 Å². The van der Waals surface area contributed by atoms with Gasteiger partial charge in [-0.05, 0) is 57.9 Å². The quantitative estimate of drug-likeness (QED) is 0.755. The van der Waals surface area contributed by atoms with Gasteiger partial charge in [-0.25, -0.2) is 0 Å². The number of hydrogen-bond acceptors (Lipinski definition) is 4. The molecule has 22 heavy (non-hydrogen) atoms. The highest BCUT2D eigenvalue weighted by atomic mass is 16.5. The van der Waals surface area contributed by atoms with Gasteiger partial charge >= 0.3 is 5.97 Å². The minimum absolute atomic E-state index is 0.0863. The average Bonchev–Trinajstić information content (AvgIpc) is 2.47. The number of nitrogens with zero attached hydrogens (tertiary/aromatic N) is 1. The first kappa shape index (κ1) is 16.8. The number of rotatable bonds is 6. The summed E-state index contributed by atoms with van der Waals surface area (Å²) in [4.78, 5) is 14.4. The molecule has 1 aromatic rings. The van der Waals surface area contributed by atoms with Crippen LogP contribution in [0.2, 0.25) is 0 Å². The summed E-state index contributed by atoms with van der Waals surface area (Å²) < 4.78 is 11.0. The normalized spacial score (nSPS) is 19.2. The maximum absolute atomic E-state index is 12.1. The fourth-order valence-corrected chi connectivity index (χ4v) is 2.91. The van der Waals surface area contributed by atoms with Crippen molar-refractivity contribution in [1.82, 2.24) is 4.90 Å². The van der Waals surface area contributed by atoms with Gasteiger partial charge in [0.15, 0.2) is 0 Å². The smallest absolute Gasteiger partial charge is 0.323 e. The first-order valence-electron chi connectivity index (χ1n) is 8.26. The molecule has 1 fully saturated rings. The number of ether oxygens (including phenoxy) is 2. The molecule has 2 rings (SSSR count). The van der Waals surface area contributed by atoms with Crippen molar-refractivity contribution in [3.63, 3.8) is 0 Å². The molecule has 0 spiro atoms. The van der Waals surface area contributed by atoms with Gasteiger partial charge in [0.25, 0.3) is 0 Å². The van der Waals surface area contributed by atoms with Gasteiger partial charge in [-0.2, -0.15) is 0 Å². The van der Waals surface area contributed by atoms with Crippen LogP contribution >= 0.6 is 0 Å². The van der Waals surface area contributed by atoms with Gasteiger partial charge in [-0.15, -0.1) is 0 Å². The largest absolute Gasteiger partial charge is 0.491 e. The maximum Gasteiger partial charge on any atom is 0.323 e. The summed E-state index contributed by atoms with van der Waals surface area (Å²) in [6.45, 7) is 8.05. The molecule has 1 heterocycles. The highest BCUT2D eigenvalue weighted by Gasteiger charge is 2.29. The monoisotopic (exact) mass is 305 g/mol. The molecular weight excluding hydrogens is 278 g/mol. The molecule has 0 radical (unpaired) electrons. The van der Waals surface area contributed by atoms with Crippen LogP contribution in [0.4, 0.5) is 0 Å². The second-order valence-electron chi connectivity index (χ2n) is 6.05. The van der Waals surface area contributed by atoms with Crippen molar-refractivity contribution >= 4 is 5.97 Å². The lowest BCUT2D eigenvalue weighted by molar-refractivity contribution is -0.151. The second-order valence-corrected chi connectivity index (χ2v) is 6.05. The fraction of sp³-hybridized carbons (Fsp3) is 0.611. The van der Waals surface area contributed by atoms with E-state index in [2.05, 4.69) is 17.0 Å². The molecule has 0 amide bonds. The molecule has 0 aromatic heterocycles. The van der Waals surface area contributed by atoms with Crippen LogP contribution in [0.1, 0.15) is 45.6 Å². The highest BCUT2D eigenvalue weighted by Crippen LogP contribution is 2.22. The number of hydrogen-bond donors (Lipinski definition) is 0. The lowest BCUT2D eigenvalue weighted by atomic mass is 10.0. The molecule has 1 aliphatic rings. The Morgan fingerprint density at radius 2 is 2.18 bits per heavy atom. The number of carbonyl (C=O) groups excluding carboxylic acids is 1. The van der Waals surface area contributed by atoms with E-state index in [1.54, 1.807) is 0 Å². The molecule has 4 heteroatoms. The SMILES string of the molecule is CCOC(=O)C1CCCCN1Cc1cccc(OC(C)C)c1. The molecule has 4 nitrogen and oxygen atoms in total. The van der Waals surface area contributed by atoms with Gasteiger partial charge in [0.2, 0.25) is 0 Å². The fourth-order valence-electron chi connectivity index (χ4n) is 2.91. The first-order valence-corrected chi connectivity index (χ1v) is 8.26. The third-order valence-electron chi connectivity index (χ3n) is 3.83. The highest BCUT2D eigenvalue weighted by molar-refractivity contribution is 5.75.